The van der Waals surface area contributed by atoms with Crippen LogP contribution in [0.15, 0.2) is 22.7 Å². The molecule has 0 radical (unpaired) electrons. The van der Waals surface area contributed by atoms with Crippen LogP contribution in [0.1, 0.15) is 41.2 Å². The van der Waals surface area contributed by atoms with E-state index >= 15 is 0 Å². The molecule has 0 amide bonds. The SMILES string of the molecule is O=Cc1ccc2onc(C3CCC3)c2c1. The maximum absolute atomic E-state index is 10.7. The normalized spacial score (nSPS) is 16.5. The van der Waals surface area contributed by atoms with Crippen LogP contribution in [0.4, 0.5) is 0 Å². The minimum Gasteiger partial charge on any atom is -0.356 e. The molecule has 0 N–H and O–H groups in total. The van der Waals surface area contributed by atoms with Crippen LogP contribution in [0.5, 0.6) is 0 Å². The van der Waals surface area contributed by atoms with Crippen molar-refractivity contribution in [2.45, 2.75) is 25.2 Å². The van der Waals surface area contributed by atoms with E-state index in [9.17, 15) is 4.79 Å². The van der Waals surface area contributed by atoms with Gasteiger partial charge in [-0.3, -0.25) is 4.79 Å². The fourth-order valence-electron chi connectivity index (χ4n) is 2.02. The van der Waals surface area contributed by atoms with Gasteiger partial charge in [-0.1, -0.05) is 11.6 Å². The molecule has 3 rings (SSSR count). The molecule has 1 fully saturated rings. The van der Waals surface area contributed by atoms with Crippen molar-refractivity contribution in [3.63, 3.8) is 0 Å². The third kappa shape index (κ3) is 1.27. The Morgan fingerprint density at radius 2 is 2.27 bits per heavy atom. The number of nitrogens with zero attached hydrogens (tertiary/aromatic N) is 1. The molecule has 0 aliphatic heterocycles. The first-order valence-corrected chi connectivity index (χ1v) is 5.23. The lowest BCUT2D eigenvalue weighted by Gasteiger charge is -2.22. The molecule has 1 aliphatic carbocycles. The van der Waals surface area contributed by atoms with Crippen molar-refractivity contribution >= 4 is 17.3 Å². The molecular weight excluding hydrogens is 190 g/mol. The first kappa shape index (κ1) is 8.65. The van der Waals surface area contributed by atoms with Gasteiger partial charge >= 0.3 is 0 Å². The van der Waals surface area contributed by atoms with Crippen LogP contribution in [0, 0.1) is 0 Å². The summed E-state index contributed by atoms with van der Waals surface area (Å²) in [6, 6.07) is 5.44. The van der Waals surface area contributed by atoms with Crippen molar-refractivity contribution in [1.29, 1.82) is 0 Å². The quantitative estimate of drug-likeness (QED) is 0.701. The minimum absolute atomic E-state index is 0.535. The zero-order valence-electron chi connectivity index (χ0n) is 8.27. The van der Waals surface area contributed by atoms with E-state index in [1.807, 2.05) is 12.1 Å². The molecule has 76 valence electrons. The predicted molar refractivity (Wildman–Crippen MR) is 56.0 cm³/mol. The largest absolute Gasteiger partial charge is 0.356 e. The fourth-order valence-corrected chi connectivity index (χ4v) is 2.02. The first-order valence-electron chi connectivity index (χ1n) is 5.23. The second-order valence-corrected chi connectivity index (χ2v) is 4.07. The van der Waals surface area contributed by atoms with Gasteiger partial charge in [-0.25, -0.2) is 0 Å². The van der Waals surface area contributed by atoms with Crippen molar-refractivity contribution in [3.05, 3.63) is 29.5 Å². The number of carbonyl (C=O) groups excluding carboxylic acids is 1. The Morgan fingerprint density at radius 1 is 1.40 bits per heavy atom. The molecule has 0 saturated heterocycles. The first-order chi connectivity index (χ1) is 7.38. The van der Waals surface area contributed by atoms with Gasteiger partial charge in [0, 0.05) is 16.9 Å². The van der Waals surface area contributed by atoms with E-state index in [-0.39, 0.29) is 0 Å². The molecule has 1 aromatic heterocycles. The number of fused-ring (bicyclic) bond motifs is 1. The lowest BCUT2D eigenvalue weighted by atomic mass is 9.82. The van der Waals surface area contributed by atoms with Crippen molar-refractivity contribution in [3.8, 4) is 0 Å². The second-order valence-electron chi connectivity index (χ2n) is 4.07. The summed E-state index contributed by atoms with van der Waals surface area (Å²) in [5, 5.41) is 5.11. The standard InChI is InChI=1S/C12H11NO2/c14-7-8-4-5-11-10(6-8)12(13-15-11)9-2-1-3-9/h4-7,9H,1-3H2. The molecule has 0 atom stereocenters. The van der Waals surface area contributed by atoms with Crippen molar-refractivity contribution in [1.82, 2.24) is 5.16 Å². The molecule has 1 heterocycles. The fraction of sp³-hybridized carbons (Fsp3) is 0.333. The Kier molecular flexibility index (Phi) is 1.84. The third-order valence-corrected chi connectivity index (χ3v) is 3.15. The number of aromatic nitrogens is 1. The van der Waals surface area contributed by atoms with Gasteiger partial charge in [0.25, 0.3) is 0 Å². The Labute approximate surface area is 87.1 Å². The van der Waals surface area contributed by atoms with Crippen molar-refractivity contribution in [2.75, 3.05) is 0 Å². The summed E-state index contributed by atoms with van der Waals surface area (Å²) in [7, 11) is 0. The number of hydrogen-bond donors (Lipinski definition) is 0. The lowest BCUT2D eigenvalue weighted by molar-refractivity contribution is 0.112. The zero-order chi connectivity index (χ0) is 10.3. The van der Waals surface area contributed by atoms with Crippen molar-refractivity contribution < 1.29 is 9.32 Å². The number of aldehydes is 1. The van der Waals surface area contributed by atoms with E-state index in [1.54, 1.807) is 6.07 Å². The molecule has 0 bridgehead atoms. The van der Waals surface area contributed by atoms with Gasteiger partial charge in [-0.15, -0.1) is 0 Å². The van der Waals surface area contributed by atoms with E-state index in [4.69, 9.17) is 4.52 Å². The molecule has 15 heavy (non-hydrogen) atoms. The van der Waals surface area contributed by atoms with E-state index in [0.29, 0.717) is 11.5 Å². The molecule has 0 spiro atoms. The Balaban J connectivity index is 2.16. The van der Waals surface area contributed by atoms with Crippen molar-refractivity contribution in [2.24, 2.45) is 0 Å². The van der Waals surface area contributed by atoms with Gasteiger partial charge in [0.15, 0.2) is 5.58 Å². The molecule has 2 aromatic rings. The van der Waals surface area contributed by atoms with E-state index in [1.165, 1.54) is 19.3 Å². The average molecular weight is 201 g/mol. The minimum atomic E-state index is 0.535. The second kappa shape index (κ2) is 3.19. The number of rotatable bonds is 2. The molecule has 1 aliphatic rings. The van der Waals surface area contributed by atoms with Crippen LogP contribution in [-0.2, 0) is 0 Å². The Hall–Kier alpha value is -1.64. The summed E-state index contributed by atoms with van der Waals surface area (Å²) in [6.07, 6.45) is 4.50. The van der Waals surface area contributed by atoms with Gasteiger partial charge in [-0.2, -0.15) is 0 Å². The van der Waals surface area contributed by atoms with Crippen LogP contribution in [0.25, 0.3) is 11.0 Å². The summed E-state index contributed by atoms with van der Waals surface area (Å²) < 4.78 is 5.24. The summed E-state index contributed by atoms with van der Waals surface area (Å²) in [5.74, 6) is 0.535. The number of benzene rings is 1. The van der Waals surface area contributed by atoms with Crippen LogP contribution in [0.3, 0.4) is 0 Å². The van der Waals surface area contributed by atoms with E-state index < -0.39 is 0 Å². The third-order valence-electron chi connectivity index (χ3n) is 3.15. The summed E-state index contributed by atoms with van der Waals surface area (Å²) >= 11 is 0. The lowest BCUT2D eigenvalue weighted by Crippen LogP contribution is -2.09. The molecular formula is C12H11NO2. The monoisotopic (exact) mass is 201 g/mol. The molecule has 0 unspecified atom stereocenters. The van der Waals surface area contributed by atoms with E-state index in [0.717, 1.165) is 22.9 Å². The van der Waals surface area contributed by atoms with Gasteiger partial charge in [0.1, 0.15) is 6.29 Å². The Bertz CT molecular complexity index is 511. The number of hydrogen-bond acceptors (Lipinski definition) is 3. The van der Waals surface area contributed by atoms with Gasteiger partial charge in [0.05, 0.1) is 5.69 Å². The molecule has 3 nitrogen and oxygen atoms in total. The topological polar surface area (TPSA) is 43.1 Å². The summed E-state index contributed by atoms with van der Waals surface area (Å²) in [6.45, 7) is 0. The Morgan fingerprint density at radius 3 is 2.93 bits per heavy atom. The van der Waals surface area contributed by atoms with Gasteiger partial charge < -0.3 is 4.52 Å². The summed E-state index contributed by atoms with van der Waals surface area (Å²) in [5.41, 5.74) is 2.49. The van der Waals surface area contributed by atoms with E-state index in [2.05, 4.69) is 5.16 Å². The zero-order valence-corrected chi connectivity index (χ0v) is 8.27. The molecule has 3 heteroatoms. The molecule has 1 aromatic carbocycles. The van der Waals surface area contributed by atoms with Crippen LogP contribution >= 0.6 is 0 Å². The highest BCUT2D eigenvalue weighted by Crippen LogP contribution is 2.39. The molecule has 1 saturated carbocycles. The highest BCUT2D eigenvalue weighted by Gasteiger charge is 2.25. The number of carbonyl (C=O) groups is 1. The smallest absolute Gasteiger partial charge is 0.167 e. The average Bonchev–Trinajstić information content (AvgIpc) is 2.59. The van der Waals surface area contributed by atoms with Crippen LogP contribution < -0.4 is 0 Å². The highest BCUT2D eigenvalue weighted by atomic mass is 16.5. The highest BCUT2D eigenvalue weighted by molar-refractivity contribution is 5.87. The maximum atomic E-state index is 10.7. The summed E-state index contributed by atoms with van der Waals surface area (Å²) in [4.78, 5) is 10.7. The van der Waals surface area contributed by atoms with Gasteiger partial charge in [-0.05, 0) is 31.0 Å². The van der Waals surface area contributed by atoms with Crippen LogP contribution in [-0.4, -0.2) is 11.4 Å². The maximum Gasteiger partial charge on any atom is 0.167 e. The van der Waals surface area contributed by atoms with Gasteiger partial charge in [0.2, 0.25) is 0 Å². The van der Waals surface area contributed by atoms with Crippen LogP contribution in [0.2, 0.25) is 0 Å². The predicted octanol–water partition coefficient (Wildman–Crippen LogP) is 2.91.